The first kappa shape index (κ1) is 14.8. The molecule has 20 heavy (non-hydrogen) atoms. The van der Waals surface area contributed by atoms with Gasteiger partial charge < -0.3 is 15.2 Å². The molecule has 0 heterocycles. The molecule has 1 fully saturated rings. The van der Waals surface area contributed by atoms with Gasteiger partial charge in [-0.25, -0.2) is 0 Å². The summed E-state index contributed by atoms with van der Waals surface area (Å²) in [7, 11) is 1.59. The van der Waals surface area contributed by atoms with E-state index in [0.29, 0.717) is 6.42 Å². The Balaban J connectivity index is 1.98. The van der Waals surface area contributed by atoms with E-state index in [9.17, 15) is 9.59 Å². The van der Waals surface area contributed by atoms with E-state index in [-0.39, 0.29) is 11.9 Å². The Bertz CT molecular complexity index is 546. The molecule has 1 amide bonds. The lowest BCUT2D eigenvalue weighted by Crippen LogP contribution is -2.29. The van der Waals surface area contributed by atoms with Crippen molar-refractivity contribution in [2.75, 3.05) is 7.11 Å². The van der Waals surface area contributed by atoms with Gasteiger partial charge in [0, 0.05) is 0 Å². The summed E-state index contributed by atoms with van der Waals surface area (Å²) in [5.74, 6) is -1.29. The van der Waals surface area contributed by atoms with Crippen LogP contribution in [-0.4, -0.2) is 24.1 Å². The normalized spacial score (nSPS) is 21.9. The first-order chi connectivity index (χ1) is 9.43. The van der Waals surface area contributed by atoms with Gasteiger partial charge in [0.1, 0.15) is 5.75 Å². The lowest BCUT2D eigenvalue weighted by Gasteiger charge is -2.15. The summed E-state index contributed by atoms with van der Waals surface area (Å²) in [6, 6.07) is 5.39. The smallest absolute Gasteiger partial charge is 0.307 e. The Morgan fingerprint density at radius 3 is 2.65 bits per heavy atom. The number of hydrogen-bond donors (Lipinski definition) is 2. The van der Waals surface area contributed by atoms with Crippen LogP contribution in [0, 0.1) is 11.8 Å². The monoisotopic (exact) mass is 341 g/mol. The van der Waals surface area contributed by atoms with Gasteiger partial charge in [0.25, 0.3) is 0 Å². The highest BCUT2D eigenvalue weighted by Crippen LogP contribution is 2.39. The number of carboxylic acid groups (broad SMARTS) is 1. The summed E-state index contributed by atoms with van der Waals surface area (Å²) in [4.78, 5) is 22.6. The zero-order valence-corrected chi connectivity index (χ0v) is 12.8. The minimum Gasteiger partial charge on any atom is -0.496 e. The maximum Gasteiger partial charge on any atom is 0.307 e. The Morgan fingerprint density at radius 2 is 2.15 bits per heavy atom. The third kappa shape index (κ3) is 3.12. The van der Waals surface area contributed by atoms with E-state index in [1.54, 1.807) is 7.11 Å². The zero-order valence-electron chi connectivity index (χ0n) is 11.2. The second-order valence-corrected chi connectivity index (χ2v) is 5.77. The molecular weight excluding hydrogens is 326 g/mol. The summed E-state index contributed by atoms with van der Waals surface area (Å²) >= 11 is 3.40. The second-order valence-electron chi connectivity index (χ2n) is 4.91. The van der Waals surface area contributed by atoms with Crippen molar-refractivity contribution in [2.24, 2.45) is 11.8 Å². The quantitative estimate of drug-likeness (QED) is 0.861. The van der Waals surface area contributed by atoms with Gasteiger partial charge in [-0.1, -0.05) is 6.07 Å². The van der Waals surface area contributed by atoms with Crippen LogP contribution in [0.2, 0.25) is 0 Å². The molecular formula is C14H16BrNO4. The number of carbonyl (C=O) groups excluding carboxylic acids is 1. The minimum atomic E-state index is -0.898. The van der Waals surface area contributed by atoms with Gasteiger partial charge in [-0.2, -0.15) is 0 Å². The Kier molecular flexibility index (Phi) is 4.32. The number of benzene rings is 1. The average Bonchev–Trinajstić information content (AvgIpc) is 3.18. The third-order valence-corrected chi connectivity index (χ3v) is 4.10. The van der Waals surface area contributed by atoms with Crippen molar-refractivity contribution >= 4 is 27.8 Å². The van der Waals surface area contributed by atoms with E-state index >= 15 is 0 Å². The highest BCUT2D eigenvalue weighted by atomic mass is 79.9. The molecule has 2 rings (SSSR count). The van der Waals surface area contributed by atoms with Crippen LogP contribution < -0.4 is 10.1 Å². The van der Waals surface area contributed by atoms with Gasteiger partial charge in [0.2, 0.25) is 5.91 Å². The Hall–Kier alpha value is -1.56. The molecule has 0 radical (unpaired) electrons. The fourth-order valence-corrected chi connectivity index (χ4v) is 2.67. The maximum atomic E-state index is 11.9. The SMILES string of the molecule is COc1ccc(C(C)NC(=O)[C@@H]2C[C@@H]2C(=O)O)cc1Br. The van der Waals surface area contributed by atoms with Crippen LogP contribution in [0.1, 0.15) is 24.9 Å². The largest absolute Gasteiger partial charge is 0.496 e. The van der Waals surface area contributed by atoms with Crippen molar-refractivity contribution in [1.82, 2.24) is 5.32 Å². The molecule has 5 nitrogen and oxygen atoms in total. The van der Waals surface area contributed by atoms with Crippen LogP contribution >= 0.6 is 15.9 Å². The molecule has 6 heteroatoms. The Morgan fingerprint density at radius 1 is 1.45 bits per heavy atom. The highest BCUT2D eigenvalue weighted by Gasteiger charge is 2.48. The van der Waals surface area contributed by atoms with Gasteiger partial charge in [0.15, 0.2) is 0 Å². The van der Waals surface area contributed by atoms with E-state index in [1.807, 2.05) is 25.1 Å². The number of hydrogen-bond acceptors (Lipinski definition) is 3. The fourth-order valence-electron chi connectivity index (χ4n) is 2.11. The van der Waals surface area contributed by atoms with Crippen LogP contribution in [0.15, 0.2) is 22.7 Å². The van der Waals surface area contributed by atoms with E-state index in [0.717, 1.165) is 15.8 Å². The number of nitrogens with one attached hydrogen (secondary N) is 1. The van der Waals surface area contributed by atoms with Gasteiger partial charge >= 0.3 is 5.97 Å². The molecule has 3 atom stereocenters. The van der Waals surface area contributed by atoms with Gasteiger partial charge in [-0.15, -0.1) is 0 Å². The van der Waals surface area contributed by atoms with Crippen molar-refractivity contribution in [3.8, 4) is 5.75 Å². The van der Waals surface area contributed by atoms with Crippen LogP contribution in [0.5, 0.6) is 5.75 Å². The molecule has 1 aromatic rings. The van der Waals surface area contributed by atoms with Crippen molar-refractivity contribution < 1.29 is 19.4 Å². The van der Waals surface area contributed by atoms with Crippen LogP contribution in [0.25, 0.3) is 0 Å². The van der Waals surface area contributed by atoms with Crippen molar-refractivity contribution in [2.45, 2.75) is 19.4 Å². The molecule has 1 aliphatic rings. The lowest BCUT2D eigenvalue weighted by atomic mass is 10.1. The number of methoxy groups -OCH3 is 1. The van der Waals surface area contributed by atoms with Gasteiger partial charge in [-0.05, 0) is 47.0 Å². The first-order valence-electron chi connectivity index (χ1n) is 6.30. The molecule has 1 aromatic carbocycles. The maximum absolute atomic E-state index is 11.9. The number of carbonyl (C=O) groups is 2. The molecule has 108 valence electrons. The second kappa shape index (κ2) is 5.83. The molecule has 0 spiro atoms. The number of halogens is 1. The molecule has 1 aliphatic carbocycles. The molecule has 0 bridgehead atoms. The average molecular weight is 342 g/mol. The molecule has 0 aromatic heterocycles. The van der Waals surface area contributed by atoms with Crippen LogP contribution in [-0.2, 0) is 9.59 Å². The van der Waals surface area contributed by atoms with E-state index in [4.69, 9.17) is 9.84 Å². The highest BCUT2D eigenvalue weighted by molar-refractivity contribution is 9.10. The van der Waals surface area contributed by atoms with Gasteiger partial charge in [-0.3, -0.25) is 9.59 Å². The first-order valence-corrected chi connectivity index (χ1v) is 7.10. The predicted octanol–water partition coefficient (Wildman–Crippen LogP) is 2.36. The number of rotatable bonds is 5. The number of carboxylic acids is 1. The number of aliphatic carboxylic acids is 1. The van der Waals surface area contributed by atoms with Gasteiger partial charge in [0.05, 0.1) is 29.5 Å². The summed E-state index contributed by atoms with van der Waals surface area (Å²) in [6.45, 7) is 1.87. The van der Waals surface area contributed by atoms with Crippen molar-refractivity contribution in [3.05, 3.63) is 28.2 Å². The molecule has 1 saturated carbocycles. The molecule has 0 saturated heterocycles. The summed E-state index contributed by atoms with van der Waals surface area (Å²) in [5.41, 5.74) is 0.929. The Labute approximate surface area is 125 Å². The minimum absolute atomic E-state index is 0.181. The zero-order chi connectivity index (χ0) is 14.9. The standard InChI is InChI=1S/C14H16BrNO4/c1-7(8-3-4-12(20-2)11(15)5-8)16-13(17)9-6-10(9)14(18)19/h3-5,7,9-10H,6H2,1-2H3,(H,16,17)(H,18,19)/t7?,9-,10+/m1/s1. The van der Waals surface area contributed by atoms with E-state index in [2.05, 4.69) is 21.2 Å². The lowest BCUT2D eigenvalue weighted by molar-refractivity contribution is -0.140. The van der Waals surface area contributed by atoms with E-state index < -0.39 is 17.8 Å². The van der Waals surface area contributed by atoms with Crippen molar-refractivity contribution in [1.29, 1.82) is 0 Å². The van der Waals surface area contributed by atoms with Crippen LogP contribution in [0.4, 0.5) is 0 Å². The molecule has 0 aliphatic heterocycles. The molecule has 2 N–H and O–H groups in total. The molecule has 1 unspecified atom stereocenters. The number of ether oxygens (including phenoxy) is 1. The topological polar surface area (TPSA) is 75.6 Å². The summed E-state index contributed by atoms with van der Waals surface area (Å²) in [6.07, 6.45) is 0.431. The fraction of sp³-hybridized carbons (Fsp3) is 0.429. The van der Waals surface area contributed by atoms with E-state index in [1.165, 1.54) is 0 Å². The van der Waals surface area contributed by atoms with Crippen LogP contribution in [0.3, 0.4) is 0 Å². The van der Waals surface area contributed by atoms with Crippen molar-refractivity contribution in [3.63, 3.8) is 0 Å². The predicted molar refractivity (Wildman–Crippen MR) is 76.5 cm³/mol. The third-order valence-electron chi connectivity index (χ3n) is 3.48. The summed E-state index contributed by atoms with van der Waals surface area (Å²) < 4.78 is 5.96. The number of amides is 1. The summed E-state index contributed by atoms with van der Waals surface area (Å²) in [5, 5.41) is 11.7.